The van der Waals surface area contributed by atoms with E-state index in [1.54, 1.807) is 0 Å². The van der Waals surface area contributed by atoms with Crippen molar-refractivity contribution in [3.63, 3.8) is 0 Å². The molecular weight excluding hydrogens is 132 g/mol. The first-order valence-electron chi connectivity index (χ1n) is 3.88. The van der Waals surface area contributed by atoms with Gasteiger partial charge in [-0.05, 0) is 29.2 Å². The van der Waals surface area contributed by atoms with Gasteiger partial charge in [0.25, 0.3) is 0 Å². The van der Waals surface area contributed by atoms with Crippen LogP contribution in [0.25, 0.3) is 6.08 Å². The van der Waals surface area contributed by atoms with Crippen molar-refractivity contribution in [1.82, 2.24) is 0 Å². The van der Waals surface area contributed by atoms with E-state index in [1.807, 2.05) is 18.2 Å². The minimum Gasteiger partial charge on any atom is -0.0985 e. The lowest BCUT2D eigenvalue weighted by atomic mass is 9.97. The van der Waals surface area contributed by atoms with Gasteiger partial charge in [-0.1, -0.05) is 38.6 Å². The summed E-state index contributed by atoms with van der Waals surface area (Å²) in [4.78, 5) is 0. The molecule has 0 spiro atoms. The van der Waals surface area contributed by atoms with E-state index in [1.165, 1.54) is 11.1 Å². The first-order chi connectivity index (χ1) is 5.25. The molecule has 0 nitrogen and oxygen atoms in total. The van der Waals surface area contributed by atoms with Crippen LogP contribution in [0.1, 0.15) is 30.9 Å². The van der Waals surface area contributed by atoms with Gasteiger partial charge in [-0.3, -0.25) is 0 Å². The zero-order chi connectivity index (χ0) is 8.27. The van der Waals surface area contributed by atoms with Crippen molar-refractivity contribution in [2.24, 2.45) is 0 Å². The topological polar surface area (TPSA) is 0 Å². The van der Waals surface area contributed by atoms with Crippen molar-refractivity contribution in [2.45, 2.75) is 19.8 Å². The molecule has 0 unspecified atom stereocenters. The van der Waals surface area contributed by atoms with Crippen LogP contribution in [0.3, 0.4) is 0 Å². The van der Waals surface area contributed by atoms with Gasteiger partial charge in [-0.15, -0.1) is 0 Å². The molecule has 1 aromatic rings. The van der Waals surface area contributed by atoms with E-state index in [4.69, 9.17) is 0 Å². The quantitative estimate of drug-likeness (QED) is 0.599. The van der Waals surface area contributed by atoms with Gasteiger partial charge in [0, 0.05) is 0 Å². The Kier molecular flexibility index (Phi) is 2.48. The molecule has 0 saturated heterocycles. The Bertz CT molecular complexity index is 246. The molecule has 0 atom stereocenters. The van der Waals surface area contributed by atoms with E-state index in [9.17, 15) is 0 Å². The Morgan fingerprint density at radius 1 is 1.55 bits per heavy atom. The average molecular weight is 145 g/mol. The maximum absolute atomic E-state index is 3.75. The molecule has 11 heavy (non-hydrogen) atoms. The van der Waals surface area contributed by atoms with Crippen LogP contribution in [0, 0.1) is 6.07 Å². The fraction of sp³-hybridized carbons (Fsp3) is 0.273. The molecule has 0 fully saturated rings. The molecule has 0 aliphatic heterocycles. The lowest BCUT2D eigenvalue weighted by molar-refractivity contribution is 0.864. The highest BCUT2D eigenvalue weighted by atomic mass is 14.1. The number of rotatable bonds is 2. The summed E-state index contributed by atoms with van der Waals surface area (Å²) < 4.78 is 0. The molecular formula is C11H13. The molecule has 1 aromatic carbocycles. The molecule has 57 valence electrons. The summed E-state index contributed by atoms with van der Waals surface area (Å²) in [5.41, 5.74) is 2.54. The van der Waals surface area contributed by atoms with E-state index >= 15 is 0 Å². The lowest BCUT2D eigenvalue weighted by Gasteiger charge is -2.07. The standard InChI is InChI=1S/C11H13/c1-4-10-7-5-6-8-11(10)9(2)3/h4,6-9H,1H2,2-3H3. The molecule has 1 radical (unpaired) electrons. The number of hydrogen-bond donors (Lipinski definition) is 0. The molecule has 0 amide bonds. The maximum Gasteiger partial charge on any atom is -0.0178 e. The summed E-state index contributed by atoms with van der Waals surface area (Å²) in [6.07, 6.45) is 1.88. The third kappa shape index (κ3) is 1.70. The van der Waals surface area contributed by atoms with Gasteiger partial charge in [0.05, 0.1) is 0 Å². The molecule has 0 bridgehead atoms. The van der Waals surface area contributed by atoms with Gasteiger partial charge in [0.1, 0.15) is 0 Å². The average Bonchev–Trinajstić information content (AvgIpc) is 2.04. The summed E-state index contributed by atoms with van der Waals surface area (Å²) >= 11 is 0. The minimum atomic E-state index is 0.567. The first-order valence-corrected chi connectivity index (χ1v) is 3.88. The third-order valence-electron chi connectivity index (χ3n) is 1.77. The molecule has 0 N–H and O–H groups in total. The molecule has 0 saturated carbocycles. The largest absolute Gasteiger partial charge is 0.0985 e. The Hall–Kier alpha value is -1.04. The van der Waals surface area contributed by atoms with Crippen LogP contribution in [0.5, 0.6) is 0 Å². The highest BCUT2D eigenvalue weighted by Crippen LogP contribution is 2.19. The van der Waals surface area contributed by atoms with Crippen molar-refractivity contribution < 1.29 is 0 Å². The van der Waals surface area contributed by atoms with Crippen LogP contribution in [-0.2, 0) is 0 Å². The normalized spacial score (nSPS) is 10.1. The van der Waals surface area contributed by atoms with Crippen molar-refractivity contribution in [3.8, 4) is 0 Å². The summed E-state index contributed by atoms with van der Waals surface area (Å²) in [6.45, 7) is 8.12. The smallest absolute Gasteiger partial charge is 0.0178 e. The fourth-order valence-corrected chi connectivity index (χ4v) is 1.16. The predicted octanol–water partition coefficient (Wildman–Crippen LogP) is 3.25. The summed E-state index contributed by atoms with van der Waals surface area (Å²) in [7, 11) is 0. The minimum absolute atomic E-state index is 0.567. The lowest BCUT2D eigenvalue weighted by Crippen LogP contribution is -1.90. The Morgan fingerprint density at radius 3 is 2.73 bits per heavy atom. The predicted molar refractivity (Wildman–Crippen MR) is 49.5 cm³/mol. The zero-order valence-corrected chi connectivity index (χ0v) is 7.09. The Labute approximate surface area is 68.6 Å². The monoisotopic (exact) mass is 145 g/mol. The molecule has 0 heteroatoms. The summed E-state index contributed by atoms with van der Waals surface area (Å²) in [6, 6.07) is 9.06. The van der Waals surface area contributed by atoms with E-state index < -0.39 is 0 Å². The van der Waals surface area contributed by atoms with Gasteiger partial charge in [-0.2, -0.15) is 0 Å². The van der Waals surface area contributed by atoms with Crippen molar-refractivity contribution in [3.05, 3.63) is 42.0 Å². The summed E-state index contributed by atoms with van der Waals surface area (Å²) in [5, 5.41) is 0. The highest BCUT2D eigenvalue weighted by Gasteiger charge is 2.01. The Balaban J connectivity index is 3.12. The van der Waals surface area contributed by atoms with Crippen LogP contribution in [-0.4, -0.2) is 0 Å². The van der Waals surface area contributed by atoms with Crippen molar-refractivity contribution in [2.75, 3.05) is 0 Å². The second-order valence-corrected chi connectivity index (χ2v) is 2.91. The third-order valence-corrected chi connectivity index (χ3v) is 1.77. The molecule has 0 aliphatic carbocycles. The second-order valence-electron chi connectivity index (χ2n) is 2.91. The van der Waals surface area contributed by atoms with E-state index in [0.717, 1.165) is 0 Å². The van der Waals surface area contributed by atoms with Crippen LogP contribution in [0.2, 0.25) is 0 Å². The van der Waals surface area contributed by atoms with Gasteiger partial charge in [0.2, 0.25) is 0 Å². The van der Waals surface area contributed by atoms with Crippen LogP contribution < -0.4 is 0 Å². The van der Waals surface area contributed by atoms with Gasteiger partial charge >= 0.3 is 0 Å². The van der Waals surface area contributed by atoms with Gasteiger partial charge in [0.15, 0.2) is 0 Å². The summed E-state index contributed by atoms with van der Waals surface area (Å²) in [5.74, 6) is 0.567. The van der Waals surface area contributed by atoms with E-state index in [-0.39, 0.29) is 0 Å². The zero-order valence-electron chi connectivity index (χ0n) is 7.09. The fourth-order valence-electron chi connectivity index (χ4n) is 1.16. The van der Waals surface area contributed by atoms with E-state index in [0.29, 0.717) is 5.92 Å². The highest BCUT2D eigenvalue weighted by molar-refractivity contribution is 5.52. The van der Waals surface area contributed by atoms with Crippen LogP contribution in [0.4, 0.5) is 0 Å². The van der Waals surface area contributed by atoms with Crippen molar-refractivity contribution in [1.29, 1.82) is 0 Å². The Morgan fingerprint density at radius 2 is 2.27 bits per heavy atom. The first kappa shape index (κ1) is 8.06. The van der Waals surface area contributed by atoms with Crippen LogP contribution in [0.15, 0.2) is 24.8 Å². The number of benzene rings is 1. The number of hydrogen-bond acceptors (Lipinski definition) is 0. The van der Waals surface area contributed by atoms with Gasteiger partial charge < -0.3 is 0 Å². The van der Waals surface area contributed by atoms with Crippen molar-refractivity contribution >= 4 is 6.08 Å². The van der Waals surface area contributed by atoms with Gasteiger partial charge in [-0.25, -0.2) is 0 Å². The second kappa shape index (κ2) is 3.38. The molecule has 0 aromatic heterocycles. The molecule has 0 heterocycles. The SMILES string of the molecule is C=Cc1c[c]ccc1C(C)C. The molecule has 0 aliphatic rings. The maximum atomic E-state index is 3.75. The molecule has 1 rings (SSSR count). The van der Waals surface area contributed by atoms with E-state index in [2.05, 4.69) is 32.6 Å². The van der Waals surface area contributed by atoms with Crippen LogP contribution >= 0.6 is 0 Å².